The van der Waals surface area contributed by atoms with Gasteiger partial charge in [-0.1, -0.05) is 19.1 Å². The van der Waals surface area contributed by atoms with E-state index < -0.39 is 0 Å². The van der Waals surface area contributed by atoms with Gasteiger partial charge in [0.15, 0.2) is 0 Å². The summed E-state index contributed by atoms with van der Waals surface area (Å²) in [7, 11) is 0. The quantitative estimate of drug-likeness (QED) is 0.930. The minimum absolute atomic E-state index is 0.248. The molecule has 0 spiro atoms. The fraction of sp³-hybridized carbons (Fsp3) is 0.267. The van der Waals surface area contributed by atoms with Crippen molar-refractivity contribution >= 4 is 15.9 Å². The summed E-state index contributed by atoms with van der Waals surface area (Å²) in [6.07, 6.45) is 3.44. The van der Waals surface area contributed by atoms with Crippen LogP contribution < -0.4 is 5.73 Å². The van der Waals surface area contributed by atoms with Crippen LogP contribution in [0.25, 0.3) is 0 Å². The van der Waals surface area contributed by atoms with E-state index in [0.717, 1.165) is 17.7 Å². The molecule has 0 aliphatic carbocycles. The highest BCUT2D eigenvalue weighted by Crippen LogP contribution is 2.21. The van der Waals surface area contributed by atoms with Crippen LogP contribution in [0.4, 0.5) is 4.39 Å². The molecule has 19 heavy (non-hydrogen) atoms. The van der Waals surface area contributed by atoms with Crippen molar-refractivity contribution in [2.24, 2.45) is 5.73 Å². The minimum atomic E-state index is -0.290. The van der Waals surface area contributed by atoms with Gasteiger partial charge in [0, 0.05) is 24.4 Å². The van der Waals surface area contributed by atoms with E-state index in [4.69, 9.17) is 5.73 Å². The molecule has 2 aromatic rings. The van der Waals surface area contributed by atoms with E-state index >= 15 is 0 Å². The number of benzene rings is 1. The lowest BCUT2D eigenvalue weighted by atomic mass is 10.0. The lowest BCUT2D eigenvalue weighted by Gasteiger charge is -2.12. The van der Waals surface area contributed by atoms with Gasteiger partial charge in [0.2, 0.25) is 0 Å². The fourth-order valence-corrected chi connectivity index (χ4v) is 2.12. The molecular formula is C15H16BrFN2. The predicted octanol–water partition coefficient (Wildman–Crippen LogP) is 3.79. The molecule has 1 unspecified atom stereocenters. The van der Waals surface area contributed by atoms with Gasteiger partial charge < -0.3 is 5.73 Å². The van der Waals surface area contributed by atoms with E-state index in [1.807, 2.05) is 18.3 Å². The van der Waals surface area contributed by atoms with Crippen LogP contribution in [0, 0.1) is 5.82 Å². The maximum absolute atomic E-state index is 13.5. The molecule has 0 fully saturated rings. The van der Waals surface area contributed by atoms with Crippen molar-refractivity contribution in [2.45, 2.75) is 25.8 Å². The molecule has 2 nitrogen and oxygen atoms in total. The second-order valence-electron chi connectivity index (χ2n) is 4.50. The summed E-state index contributed by atoms with van der Waals surface area (Å²) in [6, 6.07) is 8.76. The summed E-state index contributed by atoms with van der Waals surface area (Å²) in [4.78, 5) is 4.37. The molecular weight excluding hydrogens is 307 g/mol. The molecule has 0 bridgehead atoms. The zero-order valence-electron chi connectivity index (χ0n) is 10.7. The van der Waals surface area contributed by atoms with E-state index in [0.29, 0.717) is 10.9 Å². The van der Waals surface area contributed by atoms with Crippen molar-refractivity contribution in [3.63, 3.8) is 0 Å². The SMILES string of the molecule is CCc1ccc(CC(N)c2ccc(Br)c(F)c2)nc1. The van der Waals surface area contributed by atoms with Gasteiger partial charge in [-0.2, -0.15) is 0 Å². The molecule has 0 aliphatic heterocycles. The highest BCUT2D eigenvalue weighted by Gasteiger charge is 2.10. The van der Waals surface area contributed by atoms with Crippen LogP contribution in [0.15, 0.2) is 41.0 Å². The number of hydrogen-bond donors (Lipinski definition) is 1. The summed E-state index contributed by atoms with van der Waals surface area (Å²) < 4.78 is 13.9. The van der Waals surface area contributed by atoms with E-state index in [-0.39, 0.29) is 11.9 Å². The standard InChI is InChI=1S/C15H16BrFN2/c1-2-10-3-5-12(19-9-10)8-15(18)11-4-6-13(16)14(17)7-11/h3-7,9,15H,2,8,18H2,1H3. The van der Waals surface area contributed by atoms with Crippen molar-refractivity contribution < 1.29 is 4.39 Å². The van der Waals surface area contributed by atoms with Crippen molar-refractivity contribution in [1.29, 1.82) is 0 Å². The molecule has 1 heterocycles. The number of hydrogen-bond acceptors (Lipinski definition) is 2. The van der Waals surface area contributed by atoms with Gasteiger partial charge in [-0.05, 0) is 51.7 Å². The average molecular weight is 323 g/mol. The van der Waals surface area contributed by atoms with Crippen molar-refractivity contribution in [3.05, 3.63) is 63.6 Å². The van der Waals surface area contributed by atoms with Gasteiger partial charge in [0.1, 0.15) is 5.82 Å². The Labute approximate surface area is 121 Å². The summed E-state index contributed by atoms with van der Waals surface area (Å²) in [5.41, 5.74) is 9.00. The third kappa shape index (κ3) is 3.61. The van der Waals surface area contributed by atoms with Crippen LogP contribution in [-0.4, -0.2) is 4.98 Å². The lowest BCUT2D eigenvalue weighted by molar-refractivity contribution is 0.611. The minimum Gasteiger partial charge on any atom is -0.324 e. The Balaban J connectivity index is 2.10. The maximum Gasteiger partial charge on any atom is 0.137 e. The summed E-state index contributed by atoms with van der Waals surface area (Å²) in [5, 5.41) is 0. The largest absolute Gasteiger partial charge is 0.324 e. The Kier molecular flexibility index (Phi) is 4.66. The Morgan fingerprint density at radius 2 is 2.11 bits per heavy atom. The third-order valence-corrected chi connectivity index (χ3v) is 3.74. The Bertz CT molecular complexity index is 555. The first-order valence-electron chi connectivity index (χ1n) is 6.24. The van der Waals surface area contributed by atoms with E-state index in [1.54, 1.807) is 6.07 Å². The van der Waals surface area contributed by atoms with E-state index in [9.17, 15) is 4.39 Å². The molecule has 0 saturated carbocycles. The number of nitrogens with two attached hydrogens (primary N) is 1. The van der Waals surface area contributed by atoms with Crippen LogP contribution in [0.2, 0.25) is 0 Å². The Morgan fingerprint density at radius 3 is 2.68 bits per heavy atom. The van der Waals surface area contributed by atoms with Gasteiger partial charge in [-0.25, -0.2) is 4.39 Å². The molecule has 0 radical (unpaired) electrons. The van der Waals surface area contributed by atoms with E-state index in [2.05, 4.69) is 33.9 Å². The van der Waals surface area contributed by atoms with Crippen molar-refractivity contribution in [2.75, 3.05) is 0 Å². The molecule has 1 aromatic heterocycles. The van der Waals surface area contributed by atoms with Crippen LogP contribution in [0.1, 0.15) is 29.8 Å². The first-order valence-corrected chi connectivity index (χ1v) is 7.03. The monoisotopic (exact) mass is 322 g/mol. The van der Waals surface area contributed by atoms with Gasteiger partial charge in [0.05, 0.1) is 4.47 Å². The van der Waals surface area contributed by atoms with Gasteiger partial charge in [-0.3, -0.25) is 4.98 Å². The first kappa shape index (κ1) is 14.2. The molecule has 0 amide bonds. The topological polar surface area (TPSA) is 38.9 Å². The number of rotatable bonds is 4. The van der Waals surface area contributed by atoms with Crippen molar-refractivity contribution in [1.82, 2.24) is 4.98 Å². The zero-order valence-corrected chi connectivity index (χ0v) is 12.3. The third-order valence-electron chi connectivity index (χ3n) is 3.10. The number of pyridine rings is 1. The maximum atomic E-state index is 13.5. The number of aromatic nitrogens is 1. The van der Waals surface area contributed by atoms with E-state index in [1.165, 1.54) is 11.6 Å². The Morgan fingerprint density at radius 1 is 1.32 bits per heavy atom. The fourth-order valence-electron chi connectivity index (χ4n) is 1.87. The molecule has 0 aliphatic rings. The van der Waals surface area contributed by atoms with Crippen molar-refractivity contribution in [3.8, 4) is 0 Å². The molecule has 2 N–H and O–H groups in total. The number of halogens is 2. The molecule has 1 atom stereocenters. The highest BCUT2D eigenvalue weighted by molar-refractivity contribution is 9.10. The van der Waals surface area contributed by atoms with Crippen LogP contribution in [0.5, 0.6) is 0 Å². The molecule has 1 aromatic carbocycles. The summed E-state index contributed by atoms with van der Waals surface area (Å²) in [5.74, 6) is -0.290. The predicted molar refractivity (Wildman–Crippen MR) is 78.3 cm³/mol. The molecule has 0 saturated heterocycles. The van der Waals surface area contributed by atoms with Crippen LogP contribution >= 0.6 is 15.9 Å². The second kappa shape index (κ2) is 6.26. The van der Waals surface area contributed by atoms with Gasteiger partial charge in [-0.15, -0.1) is 0 Å². The first-order chi connectivity index (χ1) is 9.10. The van der Waals surface area contributed by atoms with Gasteiger partial charge in [0.25, 0.3) is 0 Å². The second-order valence-corrected chi connectivity index (χ2v) is 5.35. The molecule has 4 heteroatoms. The summed E-state index contributed by atoms with van der Waals surface area (Å²) >= 11 is 3.13. The summed E-state index contributed by atoms with van der Waals surface area (Å²) in [6.45, 7) is 2.09. The number of nitrogens with zero attached hydrogens (tertiary/aromatic N) is 1. The normalized spacial score (nSPS) is 12.4. The highest BCUT2D eigenvalue weighted by atomic mass is 79.9. The van der Waals surface area contributed by atoms with Gasteiger partial charge >= 0.3 is 0 Å². The Hall–Kier alpha value is -1.26. The molecule has 2 rings (SSSR count). The van der Waals surface area contributed by atoms with Crippen LogP contribution in [-0.2, 0) is 12.8 Å². The number of aryl methyl sites for hydroxylation is 1. The smallest absolute Gasteiger partial charge is 0.137 e. The van der Waals surface area contributed by atoms with Crippen LogP contribution in [0.3, 0.4) is 0 Å². The average Bonchev–Trinajstić information content (AvgIpc) is 2.42. The zero-order chi connectivity index (χ0) is 13.8. The molecule has 100 valence electrons. The lowest BCUT2D eigenvalue weighted by Crippen LogP contribution is -2.14.